The molecule has 1 heterocycles. The Morgan fingerprint density at radius 3 is 2.30 bits per heavy atom. The molecule has 1 N–H and O–H groups in total. The Labute approximate surface area is 135 Å². The number of likely N-dealkylation sites (N-methyl/N-ethyl adjacent to an activating group) is 1. The van der Waals surface area contributed by atoms with Crippen LogP contribution >= 0.6 is 0 Å². The van der Waals surface area contributed by atoms with Crippen LogP contribution in [-0.4, -0.2) is 53.7 Å². The van der Waals surface area contributed by atoms with Gasteiger partial charge in [-0.3, -0.25) is 4.90 Å². The highest BCUT2D eigenvalue weighted by Crippen LogP contribution is 2.32. The molecular formula is C17H25F3N2O. The Kier molecular flexibility index (Phi) is 5.70. The van der Waals surface area contributed by atoms with Crippen LogP contribution in [0.1, 0.15) is 37.4 Å². The Morgan fingerprint density at radius 1 is 1.22 bits per heavy atom. The molecule has 1 aliphatic heterocycles. The highest BCUT2D eigenvalue weighted by atomic mass is 19.4. The molecule has 3 nitrogen and oxygen atoms in total. The van der Waals surface area contributed by atoms with E-state index in [0.29, 0.717) is 6.04 Å². The van der Waals surface area contributed by atoms with E-state index in [4.69, 9.17) is 0 Å². The molecule has 0 saturated carbocycles. The summed E-state index contributed by atoms with van der Waals surface area (Å²) in [6, 6.07) is 5.53. The van der Waals surface area contributed by atoms with Gasteiger partial charge in [-0.2, -0.15) is 13.2 Å². The van der Waals surface area contributed by atoms with Crippen molar-refractivity contribution in [3.05, 3.63) is 35.4 Å². The zero-order valence-corrected chi connectivity index (χ0v) is 13.8. The summed E-state index contributed by atoms with van der Waals surface area (Å²) in [5.74, 6) is 0. The van der Waals surface area contributed by atoms with Gasteiger partial charge in [0.1, 0.15) is 0 Å². The third kappa shape index (κ3) is 4.05. The van der Waals surface area contributed by atoms with Gasteiger partial charge in [0.15, 0.2) is 0 Å². The van der Waals surface area contributed by atoms with Gasteiger partial charge in [0.2, 0.25) is 0 Å². The first kappa shape index (κ1) is 18.2. The first-order valence-corrected chi connectivity index (χ1v) is 8.01. The van der Waals surface area contributed by atoms with Crippen LogP contribution in [0.4, 0.5) is 13.2 Å². The van der Waals surface area contributed by atoms with Crippen LogP contribution in [0.5, 0.6) is 0 Å². The molecule has 130 valence electrons. The number of aliphatic hydroxyl groups excluding tert-OH is 1. The number of rotatable bonds is 4. The Bertz CT molecular complexity index is 504. The number of nitrogens with zero attached hydrogens (tertiary/aromatic N) is 2. The van der Waals surface area contributed by atoms with Crippen molar-refractivity contribution in [2.45, 2.75) is 44.6 Å². The van der Waals surface area contributed by atoms with Gasteiger partial charge in [-0.05, 0) is 38.1 Å². The quantitative estimate of drug-likeness (QED) is 0.919. The van der Waals surface area contributed by atoms with E-state index in [1.807, 2.05) is 0 Å². The third-order valence-corrected chi connectivity index (χ3v) is 4.86. The molecule has 1 fully saturated rings. The molecule has 1 aromatic carbocycles. The summed E-state index contributed by atoms with van der Waals surface area (Å²) in [6.07, 6.45) is -3.39. The van der Waals surface area contributed by atoms with Crippen LogP contribution in [0.15, 0.2) is 24.3 Å². The maximum absolute atomic E-state index is 12.7. The van der Waals surface area contributed by atoms with Gasteiger partial charge in [-0.25, -0.2) is 0 Å². The van der Waals surface area contributed by atoms with Gasteiger partial charge in [0, 0.05) is 25.2 Å². The molecule has 0 aromatic heterocycles. The Hall–Kier alpha value is -1.11. The van der Waals surface area contributed by atoms with Gasteiger partial charge in [-0.15, -0.1) is 0 Å². The van der Waals surface area contributed by atoms with Crippen molar-refractivity contribution in [1.29, 1.82) is 0 Å². The zero-order valence-electron chi connectivity index (χ0n) is 13.8. The normalized spacial score (nSPS) is 25.5. The van der Waals surface area contributed by atoms with Gasteiger partial charge >= 0.3 is 6.18 Å². The van der Waals surface area contributed by atoms with E-state index >= 15 is 0 Å². The fourth-order valence-electron chi connectivity index (χ4n) is 3.25. The van der Waals surface area contributed by atoms with Gasteiger partial charge in [-0.1, -0.05) is 19.1 Å². The molecule has 0 amide bonds. The summed E-state index contributed by atoms with van der Waals surface area (Å²) in [4.78, 5) is 4.51. The number of halogens is 3. The Morgan fingerprint density at radius 2 is 1.83 bits per heavy atom. The molecule has 0 spiro atoms. The fourth-order valence-corrected chi connectivity index (χ4v) is 3.25. The minimum atomic E-state index is -4.33. The molecule has 1 saturated heterocycles. The van der Waals surface area contributed by atoms with Crippen molar-refractivity contribution in [3.63, 3.8) is 0 Å². The van der Waals surface area contributed by atoms with Crippen LogP contribution < -0.4 is 0 Å². The van der Waals surface area contributed by atoms with E-state index in [1.54, 1.807) is 0 Å². The molecule has 1 aromatic rings. The largest absolute Gasteiger partial charge is 0.416 e. The molecule has 1 aliphatic rings. The molecule has 3 atom stereocenters. The highest BCUT2D eigenvalue weighted by molar-refractivity contribution is 5.27. The van der Waals surface area contributed by atoms with E-state index in [2.05, 4.69) is 30.7 Å². The summed E-state index contributed by atoms with van der Waals surface area (Å²) in [7, 11) is 2.08. The lowest BCUT2D eigenvalue weighted by molar-refractivity contribution is -0.137. The average Bonchev–Trinajstić information content (AvgIpc) is 2.51. The van der Waals surface area contributed by atoms with Crippen molar-refractivity contribution in [2.24, 2.45) is 0 Å². The second kappa shape index (κ2) is 7.20. The number of alkyl halides is 3. The van der Waals surface area contributed by atoms with E-state index in [9.17, 15) is 18.3 Å². The lowest BCUT2D eigenvalue weighted by atomic mass is 9.97. The zero-order chi connectivity index (χ0) is 17.2. The third-order valence-electron chi connectivity index (χ3n) is 4.86. The maximum atomic E-state index is 12.7. The highest BCUT2D eigenvalue weighted by Gasteiger charge is 2.34. The summed E-state index contributed by atoms with van der Waals surface area (Å²) >= 11 is 0. The van der Waals surface area contributed by atoms with E-state index < -0.39 is 11.7 Å². The smallest absolute Gasteiger partial charge is 0.394 e. The summed E-state index contributed by atoms with van der Waals surface area (Å²) in [5, 5.41) is 9.85. The van der Waals surface area contributed by atoms with Crippen molar-refractivity contribution in [2.75, 3.05) is 26.7 Å². The van der Waals surface area contributed by atoms with Crippen molar-refractivity contribution in [3.8, 4) is 0 Å². The van der Waals surface area contributed by atoms with Crippen LogP contribution in [0.2, 0.25) is 0 Å². The standard InChI is InChI=1S/C17H25F3N2O/c1-4-15-10-21(3)12(2)9-22(15)16(11-23)13-5-7-14(8-6-13)17(18,19)20/h5-8,12,15-16,23H,4,9-11H2,1-3H3/t12-,15+,16?/m0/s1. The molecule has 6 heteroatoms. The van der Waals surface area contributed by atoms with Crippen LogP contribution in [0, 0.1) is 0 Å². The lowest BCUT2D eigenvalue weighted by Gasteiger charge is -2.47. The molecule has 0 radical (unpaired) electrons. The van der Waals surface area contributed by atoms with Crippen molar-refractivity contribution < 1.29 is 18.3 Å². The predicted octanol–water partition coefficient (Wildman–Crippen LogP) is 3.15. The second-order valence-electron chi connectivity index (χ2n) is 6.37. The predicted molar refractivity (Wildman–Crippen MR) is 84.1 cm³/mol. The first-order chi connectivity index (χ1) is 10.8. The Balaban J connectivity index is 2.24. The lowest BCUT2D eigenvalue weighted by Crippen LogP contribution is -2.57. The SMILES string of the molecule is CC[C@@H]1CN(C)[C@@H](C)CN1C(CO)c1ccc(C(F)(F)F)cc1. The first-order valence-electron chi connectivity index (χ1n) is 8.01. The molecular weight excluding hydrogens is 305 g/mol. The van der Waals surface area contributed by atoms with E-state index in [-0.39, 0.29) is 18.7 Å². The molecule has 1 unspecified atom stereocenters. The summed E-state index contributed by atoms with van der Waals surface area (Å²) < 4.78 is 38.1. The number of piperazine rings is 1. The van der Waals surface area contributed by atoms with Crippen LogP contribution in [0.3, 0.4) is 0 Å². The number of benzene rings is 1. The summed E-state index contributed by atoms with van der Waals surface area (Å²) in [6.45, 7) is 5.82. The molecule has 0 bridgehead atoms. The average molecular weight is 330 g/mol. The van der Waals surface area contributed by atoms with Gasteiger partial charge in [0.25, 0.3) is 0 Å². The minimum Gasteiger partial charge on any atom is -0.394 e. The van der Waals surface area contributed by atoms with E-state index in [0.717, 1.165) is 37.2 Å². The van der Waals surface area contributed by atoms with Crippen LogP contribution in [-0.2, 0) is 6.18 Å². The second-order valence-corrected chi connectivity index (χ2v) is 6.37. The molecule has 23 heavy (non-hydrogen) atoms. The number of hydrogen-bond acceptors (Lipinski definition) is 3. The minimum absolute atomic E-state index is 0.0989. The van der Waals surface area contributed by atoms with Crippen molar-refractivity contribution in [1.82, 2.24) is 9.80 Å². The monoisotopic (exact) mass is 330 g/mol. The molecule has 0 aliphatic carbocycles. The number of aliphatic hydroxyl groups is 1. The van der Waals surface area contributed by atoms with Crippen molar-refractivity contribution >= 4 is 0 Å². The number of hydrogen-bond donors (Lipinski definition) is 1. The van der Waals surface area contributed by atoms with E-state index in [1.165, 1.54) is 12.1 Å². The fraction of sp³-hybridized carbons (Fsp3) is 0.647. The maximum Gasteiger partial charge on any atom is 0.416 e. The van der Waals surface area contributed by atoms with Crippen LogP contribution in [0.25, 0.3) is 0 Å². The summed E-state index contributed by atoms with van der Waals surface area (Å²) in [5.41, 5.74) is 0.0763. The topological polar surface area (TPSA) is 26.7 Å². The van der Waals surface area contributed by atoms with Gasteiger partial charge < -0.3 is 10.0 Å². The molecule has 2 rings (SSSR count). The van der Waals surface area contributed by atoms with Gasteiger partial charge in [0.05, 0.1) is 18.2 Å².